The molecule has 4 nitrogen and oxygen atoms in total. The minimum Gasteiger partial charge on any atom is -0.360 e. The van der Waals surface area contributed by atoms with Crippen LogP contribution >= 0.6 is 11.3 Å². The maximum absolute atomic E-state index is 4.22. The van der Waals surface area contributed by atoms with Gasteiger partial charge in [-0.05, 0) is 19.0 Å². The molecule has 1 aromatic carbocycles. The number of nitrogens with one attached hydrogen (secondary N) is 1. The second-order valence-corrected chi connectivity index (χ2v) is 5.65. The molecule has 0 bridgehead atoms. The second-order valence-electron chi connectivity index (χ2n) is 4.59. The Morgan fingerprint density at radius 1 is 1.16 bits per heavy atom. The molecule has 2 rings (SSSR count). The molecular formula is C14H20N4S. The number of rotatable bonds is 7. The third-order valence-corrected chi connectivity index (χ3v) is 3.56. The molecule has 0 saturated carbocycles. The van der Waals surface area contributed by atoms with Gasteiger partial charge in [0.05, 0.1) is 6.54 Å². The molecule has 0 atom stereocenters. The highest BCUT2D eigenvalue weighted by Crippen LogP contribution is 2.17. The van der Waals surface area contributed by atoms with Crippen LogP contribution < -0.4 is 5.32 Å². The van der Waals surface area contributed by atoms with Gasteiger partial charge in [-0.3, -0.25) is 4.90 Å². The highest BCUT2D eigenvalue weighted by Gasteiger charge is 2.07. The van der Waals surface area contributed by atoms with Gasteiger partial charge < -0.3 is 5.32 Å². The SMILES string of the molecule is CCCNc1nnc(CN(C)Cc2ccccc2)s1. The van der Waals surface area contributed by atoms with E-state index in [4.69, 9.17) is 0 Å². The van der Waals surface area contributed by atoms with Gasteiger partial charge >= 0.3 is 0 Å². The molecule has 2 aromatic rings. The molecule has 0 aliphatic rings. The van der Waals surface area contributed by atoms with E-state index < -0.39 is 0 Å². The van der Waals surface area contributed by atoms with Gasteiger partial charge in [-0.15, -0.1) is 10.2 Å². The number of nitrogens with zero attached hydrogens (tertiary/aromatic N) is 3. The van der Waals surface area contributed by atoms with Gasteiger partial charge in [0.2, 0.25) is 5.13 Å². The Balaban J connectivity index is 1.85. The number of anilines is 1. The summed E-state index contributed by atoms with van der Waals surface area (Å²) in [6.07, 6.45) is 1.10. The van der Waals surface area contributed by atoms with Crippen LogP contribution in [0.5, 0.6) is 0 Å². The quantitative estimate of drug-likeness (QED) is 0.844. The van der Waals surface area contributed by atoms with Crippen molar-refractivity contribution in [1.82, 2.24) is 15.1 Å². The van der Waals surface area contributed by atoms with Crippen molar-refractivity contribution in [2.75, 3.05) is 18.9 Å². The van der Waals surface area contributed by atoms with Gasteiger partial charge in [-0.25, -0.2) is 0 Å². The molecule has 102 valence electrons. The molecule has 0 fully saturated rings. The van der Waals surface area contributed by atoms with Gasteiger partial charge in [0.25, 0.3) is 0 Å². The first-order valence-electron chi connectivity index (χ1n) is 6.56. The Hall–Kier alpha value is -1.46. The lowest BCUT2D eigenvalue weighted by Gasteiger charge is -2.14. The molecule has 1 heterocycles. The fourth-order valence-electron chi connectivity index (χ4n) is 1.80. The molecule has 0 aliphatic heterocycles. The van der Waals surface area contributed by atoms with Crippen molar-refractivity contribution in [2.24, 2.45) is 0 Å². The summed E-state index contributed by atoms with van der Waals surface area (Å²) in [4.78, 5) is 2.25. The van der Waals surface area contributed by atoms with Crippen molar-refractivity contribution in [2.45, 2.75) is 26.4 Å². The van der Waals surface area contributed by atoms with E-state index in [0.717, 1.165) is 36.2 Å². The summed E-state index contributed by atoms with van der Waals surface area (Å²) in [6, 6.07) is 10.5. The van der Waals surface area contributed by atoms with Crippen LogP contribution in [-0.4, -0.2) is 28.7 Å². The van der Waals surface area contributed by atoms with Gasteiger partial charge in [0.1, 0.15) is 5.01 Å². The maximum atomic E-state index is 4.22. The lowest BCUT2D eigenvalue weighted by molar-refractivity contribution is 0.317. The van der Waals surface area contributed by atoms with Crippen molar-refractivity contribution in [3.05, 3.63) is 40.9 Å². The Morgan fingerprint density at radius 3 is 2.68 bits per heavy atom. The largest absolute Gasteiger partial charge is 0.360 e. The third kappa shape index (κ3) is 4.61. The van der Waals surface area contributed by atoms with Crippen molar-refractivity contribution in [1.29, 1.82) is 0 Å². The molecule has 0 saturated heterocycles. The molecule has 19 heavy (non-hydrogen) atoms. The van der Waals surface area contributed by atoms with Gasteiger partial charge in [0.15, 0.2) is 0 Å². The minimum atomic E-state index is 0.834. The van der Waals surface area contributed by atoms with E-state index in [9.17, 15) is 0 Å². The van der Waals surface area contributed by atoms with Crippen LogP contribution in [0.1, 0.15) is 23.9 Å². The molecular weight excluding hydrogens is 256 g/mol. The predicted octanol–water partition coefficient (Wildman–Crippen LogP) is 2.99. The summed E-state index contributed by atoms with van der Waals surface area (Å²) in [5.74, 6) is 0. The van der Waals surface area contributed by atoms with E-state index in [0.29, 0.717) is 0 Å². The molecule has 0 amide bonds. The average molecular weight is 276 g/mol. The Morgan fingerprint density at radius 2 is 1.95 bits per heavy atom. The molecule has 0 aliphatic carbocycles. The van der Waals surface area contributed by atoms with Crippen molar-refractivity contribution < 1.29 is 0 Å². The van der Waals surface area contributed by atoms with Crippen molar-refractivity contribution in [3.8, 4) is 0 Å². The molecule has 5 heteroatoms. The first kappa shape index (κ1) is 14.0. The third-order valence-electron chi connectivity index (χ3n) is 2.69. The normalized spacial score (nSPS) is 10.9. The summed E-state index contributed by atoms with van der Waals surface area (Å²) < 4.78 is 0. The Labute approximate surface area is 118 Å². The molecule has 0 spiro atoms. The summed E-state index contributed by atoms with van der Waals surface area (Å²) in [5, 5.41) is 13.6. The summed E-state index contributed by atoms with van der Waals surface area (Å²) in [6.45, 7) is 4.86. The fourth-order valence-corrected chi connectivity index (χ4v) is 2.65. The van der Waals surface area contributed by atoms with Crippen LogP contribution in [0.3, 0.4) is 0 Å². The zero-order valence-corrected chi connectivity index (χ0v) is 12.3. The van der Waals surface area contributed by atoms with Crippen LogP contribution in [0.15, 0.2) is 30.3 Å². The average Bonchev–Trinajstić information content (AvgIpc) is 2.85. The standard InChI is InChI=1S/C14H20N4S/c1-3-9-15-14-17-16-13(19-14)11-18(2)10-12-7-5-4-6-8-12/h4-8H,3,9-11H2,1-2H3,(H,15,17). The van der Waals surface area contributed by atoms with E-state index in [2.05, 4.69) is 58.7 Å². The van der Waals surface area contributed by atoms with Crippen LogP contribution in [0, 0.1) is 0 Å². The molecule has 1 N–H and O–H groups in total. The van der Waals surface area contributed by atoms with E-state index in [1.165, 1.54) is 5.56 Å². The maximum Gasteiger partial charge on any atom is 0.205 e. The first-order chi connectivity index (χ1) is 9.28. The second kappa shape index (κ2) is 7.21. The number of aromatic nitrogens is 2. The predicted molar refractivity (Wildman–Crippen MR) is 80.3 cm³/mol. The van der Waals surface area contributed by atoms with Crippen LogP contribution in [-0.2, 0) is 13.1 Å². The highest BCUT2D eigenvalue weighted by molar-refractivity contribution is 7.15. The van der Waals surface area contributed by atoms with E-state index >= 15 is 0 Å². The highest BCUT2D eigenvalue weighted by atomic mass is 32.1. The lowest BCUT2D eigenvalue weighted by Crippen LogP contribution is -2.16. The summed E-state index contributed by atoms with van der Waals surface area (Å²) >= 11 is 1.64. The topological polar surface area (TPSA) is 41.1 Å². The number of benzene rings is 1. The van der Waals surface area contributed by atoms with Gasteiger partial charge in [-0.2, -0.15) is 0 Å². The van der Waals surface area contributed by atoms with E-state index in [1.807, 2.05) is 6.07 Å². The molecule has 0 radical (unpaired) electrons. The fraction of sp³-hybridized carbons (Fsp3) is 0.429. The number of hydrogen-bond donors (Lipinski definition) is 1. The summed E-state index contributed by atoms with van der Waals surface area (Å²) in [5.41, 5.74) is 1.32. The zero-order valence-electron chi connectivity index (χ0n) is 11.5. The molecule has 0 unspecified atom stereocenters. The van der Waals surface area contributed by atoms with Crippen molar-refractivity contribution >= 4 is 16.5 Å². The minimum absolute atomic E-state index is 0.834. The van der Waals surface area contributed by atoms with E-state index in [1.54, 1.807) is 11.3 Å². The van der Waals surface area contributed by atoms with Crippen LogP contribution in [0.2, 0.25) is 0 Å². The van der Waals surface area contributed by atoms with Gasteiger partial charge in [0, 0.05) is 13.1 Å². The van der Waals surface area contributed by atoms with Gasteiger partial charge in [-0.1, -0.05) is 48.6 Å². The lowest BCUT2D eigenvalue weighted by atomic mass is 10.2. The monoisotopic (exact) mass is 276 g/mol. The Bertz CT molecular complexity index is 483. The zero-order chi connectivity index (χ0) is 13.5. The Kier molecular flexibility index (Phi) is 5.30. The van der Waals surface area contributed by atoms with Crippen LogP contribution in [0.4, 0.5) is 5.13 Å². The summed E-state index contributed by atoms with van der Waals surface area (Å²) in [7, 11) is 2.10. The smallest absolute Gasteiger partial charge is 0.205 e. The number of hydrogen-bond acceptors (Lipinski definition) is 5. The van der Waals surface area contributed by atoms with Crippen molar-refractivity contribution in [3.63, 3.8) is 0 Å². The van der Waals surface area contributed by atoms with Crippen LogP contribution in [0.25, 0.3) is 0 Å². The molecule has 1 aromatic heterocycles. The first-order valence-corrected chi connectivity index (χ1v) is 7.38. The van der Waals surface area contributed by atoms with E-state index in [-0.39, 0.29) is 0 Å².